The molecule has 0 aromatic carbocycles. The molecule has 1 aliphatic heterocycles. The summed E-state index contributed by atoms with van der Waals surface area (Å²) in [5.74, 6) is 0. The number of aryl methyl sites for hydroxylation is 1. The summed E-state index contributed by atoms with van der Waals surface area (Å²) in [5, 5.41) is 3.50. The van der Waals surface area contributed by atoms with Gasteiger partial charge in [-0.15, -0.1) is 11.3 Å². The Bertz CT molecular complexity index is 308. The van der Waals surface area contributed by atoms with Crippen molar-refractivity contribution in [2.75, 3.05) is 6.54 Å². The number of hydrogen-bond acceptors (Lipinski definition) is 3. The maximum absolute atomic E-state index is 4.63. The van der Waals surface area contributed by atoms with Crippen LogP contribution in [0.4, 0.5) is 0 Å². The smallest absolute Gasteiger partial charge is 0.0926 e. The summed E-state index contributed by atoms with van der Waals surface area (Å²) < 4.78 is 0. The van der Waals surface area contributed by atoms with E-state index in [0.717, 1.165) is 19.0 Å². The highest BCUT2D eigenvalue weighted by Crippen LogP contribution is 2.20. The predicted molar refractivity (Wildman–Crippen MR) is 65.2 cm³/mol. The number of piperidine rings is 1. The monoisotopic (exact) mass is 224 g/mol. The lowest BCUT2D eigenvalue weighted by molar-refractivity contribution is 0.151. The Morgan fingerprint density at radius 2 is 2.40 bits per heavy atom. The molecule has 0 unspecified atom stereocenters. The lowest BCUT2D eigenvalue weighted by Crippen LogP contribution is -2.36. The number of aromatic nitrogens is 1. The van der Waals surface area contributed by atoms with Gasteiger partial charge in [0.25, 0.3) is 0 Å². The van der Waals surface area contributed by atoms with E-state index in [-0.39, 0.29) is 0 Å². The molecule has 1 atom stereocenters. The fourth-order valence-corrected chi connectivity index (χ4v) is 2.92. The van der Waals surface area contributed by atoms with Gasteiger partial charge in [-0.05, 0) is 32.7 Å². The van der Waals surface area contributed by atoms with Gasteiger partial charge in [0.2, 0.25) is 0 Å². The van der Waals surface area contributed by atoms with Crippen molar-refractivity contribution in [2.45, 2.75) is 52.1 Å². The summed E-state index contributed by atoms with van der Waals surface area (Å²) in [5.41, 5.74) is 1.27. The number of likely N-dealkylation sites (tertiary alicyclic amines) is 1. The first kappa shape index (κ1) is 11.1. The lowest BCUT2D eigenvalue weighted by Gasteiger charge is -2.32. The van der Waals surface area contributed by atoms with Crippen LogP contribution in [0.3, 0.4) is 0 Å². The van der Waals surface area contributed by atoms with Crippen molar-refractivity contribution in [1.82, 2.24) is 9.88 Å². The SMILES string of the molecule is CCc1nc(CN2CCCC[C@H]2C)cs1. The topological polar surface area (TPSA) is 16.1 Å². The summed E-state index contributed by atoms with van der Waals surface area (Å²) in [4.78, 5) is 7.20. The van der Waals surface area contributed by atoms with Crippen LogP contribution in [0.5, 0.6) is 0 Å². The van der Waals surface area contributed by atoms with E-state index in [1.165, 1.54) is 36.5 Å². The number of rotatable bonds is 3. The van der Waals surface area contributed by atoms with Crippen LogP contribution in [-0.4, -0.2) is 22.5 Å². The summed E-state index contributed by atoms with van der Waals surface area (Å²) in [7, 11) is 0. The van der Waals surface area contributed by atoms with Gasteiger partial charge >= 0.3 is 0 Å². The fourth-order valence-electron chi connectivity index (χ4n) is 2.18. The molecule has 0 N–H and O–H groups in total. The summed E-state index contributed by atoms with van der Waals surface area (Å²) in [6.45, 7) is 6.82. The van der Waals surface area contributed by atoms with E-state index >= 15 is 0 Å². The molecule has 1 saturated heterocycles. The third-order valence-corrected chi connectivity index (χ3v) is 4.25. The minimum Gasteiger partial charge on any atom is -0.295 e. The van der Waals surface area contributed by atoms with Crippen LogP contribution >= 0.6 is 11.3 Å². The van der Waals surface area contributed by atoms with Crippen molar-refractivity contribution in [3.05, 3.63) is 16.1 Å². The van der Waals surface area contributed by atoms with Crippen molar-refractivity contribution in [1.29, 1.82) is 0 Å². The van der Waals surface area contributed by atoms with Gasteiger partial charge in [0.1, 0.15) is 0 Å². The molecule has 2 nitrogen and oxygen atoms in total. The van der Waals surface area contributed by atoms with Crippen molar-refractivity contribution >= 4 is 11.3 Å². The molecule has 0 radical (unpaired) electrons. The summed E-state index contributed by atoms with van der Waals surface area (Å²) in [6.07, 6.45) is 5.18. The Morgan fingerprint density at radius 3 is 3.07 bits per heavy atom. The standard InChI is InChI=1S/C12H20N2S/c1-3-12-13-11(9-15-12)8-14-7-5-4-6-10(14)2/h9-10H,3-8H2,1-2H3/t10-/m1/s1. The van der Waals surface area contributed by atoms with Gasteiger partial charge in [0, 0.05) is 18.0 Å². The number of thiazole rings is 1. The van der Waals surface area contributed by atoms with Crippen LogP contribution in [0.2, 0.25) is 0 Å². The van der Waals surface area contributed by atoms with Gasteiger partial charge < -0.3 is 0 Å². The van der Waals surface area contributed by atoms with E-state index in [2.05, 4.69) is 29.1 Å². The van der Waals surface area contributed by atoms with Gasteiger partial charge in [0.15, 0.2) is 0 Å². The van der Waals surface area contributed by atoms with E-state index in [1.807, 2.05) is 0 Å². The molecule has 0 saturated carbocycles. The quantitative estimate of drug-likeness (QED) is 0.784. The maximum atomic E-state index is 4.63. The minimum absolute atomic E-state index is 0.741. The van der Waals surface area contributed by atoms with Gasteiger partial charge in [-0.1, -0.05) is 13.3 Å². The highest BCUT2D eigenvalue weighted by molar-refractivity contribution is 7.09. The van der Waals surface area contributed by atoms with E-state index in [9.17, 15) is 0 Å². The molecule has 1 aromatic heterocycles. The molecule has 0 amide bonds. The van der Waals surface area contributed by atoms with Crippen LogP contribution < -0.4 is 0 Å². The van der Waals surface area contributed by atoms with Crippen LogP contribution in [0, 0.1) is 0 Å². The first-order valence-corrected chi connectivity index (χ1v) is 6.85. The molecule has 1 fully saturated rings. The molecule has 15 heavy (non-hydrogen) atoms. The largest absolute Gasteiger partial charge is 0.295 e. The molecule has 0 spiro atoms. The first-order chi connectivity index (χ1) is 7.29. The highest BCUT2D eigenvalue weighted by atomic mass is 32.1. The third-order valence-electron chi connectivity index (χ3n) is 3.21. The van der Waals surface area contributed by atoms with Crippen LogP contribution in [0.25, 0.3) is 0 Å². The van der Waals surface area contributed by atoms with Crippen molar-refractivity contribution < 1.29 is 0 Å². The summed E-state index contributed by atoms with van der Waals surface area (Å²) in [6, 6.07) is 0.741. The highest BCUT2D eigenvalue weighted by Gasteiger charge is 2.18. The second-order valence-corrected chi connectivity index (χ2v) is 5.34. The van der Waals surface area contributed by atoms with E-state index < -0.39 is 0 Å². The van der Waals surface area contributed by atoms with E-state index in [4.69, 9.17) is 0 Å². The fraction of sp³-hybridized carbons (Fsp3) is 0.750. The molecular weight excluding hydrogens is 204 g/mol. The predicted octanol–water partition coefficient (Wildman–Crippen LogP) is 3.08. The molecule has 0 aliphatic carbocycles. The zero-order chi connectivity index (χ0) is 10.7. The second kappa shape index (κ2) is 5.08. The van der Waals surface area contributed by atoms with Gasteiger partial charge in [-0.3, -0.25) is 4.90 Å². The molecule has 0 bridgehead atoms. The van der Waals surface area contributed by atoms with Crippen molar-refractivity contribution in [3.63, 3.8) is 0 Å². The Balaban J connectivity index is 1.95. The Morgan fingerprint density at radius 1 is 1.53 bits per heavy atom. The zero-order valence-electron chi connectivity index (χ0n) is 9.70. The van der Waals surface area contributed by atoms with E-state index in [1.54, 1.807) is 11.3 Å². The maximum Gasteiger partial charge on any atom is 0.0926 e. The second-order valence-electron chi connectivity index (χ2n) is 4.40. The van der Waals surface area contributed by atoms with Crippen LogP contribution in [0.1, 0.15) is 43.8 Å². The van der Waals surface area contributed by atoms with Crippen molar-refractivity contribution in [2.24, 2.45) is 0 Å². The zero-order valence-corrected chi connectivity index (χ0v) is 10.5. The Labute approximate surface area is 96.3 Å². The van der Waals surface area contributed by atoms with E-state index in [0.29, 0.717) is 0 Å². The van der Waals surface area contributed by atoms with Gasteiger partial charge in [-0.25, -0.2) is 4.98 Å². The van der Waals surface area contributed by atoms with Crippen LogP contribution in [0.15, 0.2) is 5.38 Å². The molecule has 2 rings (SSSR count). The molecule has 2 heterocycles. The molecule has 3 heteroatoms. The van der Waals surface area contributed by atoms with Crippen molar-refractivity contribution in [3.8, 4) is 0 Å². The average molecular weight is 224 g/mol. The number of nitrogens with zero attached hydrogens (tertiary/aromatic N) is 2. The Kier molecular flexibility index (Phi) is 3.76. The molecule has 1 aliphatic rings. The van der Waals surface area contributed by atoms with Gasteiger partial charge in [0.05, 0.1) is 10.7 Å². The molecule has 84 valence electrons. The number of hydrogen-bond donors (Lipinski definition) is 0. The lowest BCUT2D eigenvalue weighted by atomic mass is 10.0. The van der Waals surface area contributed by atoms with Gasteiger partial charge in [-0.2, -0.15) is 0 Å². The third kappa shape index (κ3) is 2.79. The minimum atomic E-state index is 0.741. The normalized spacial score (nSPS) is 23.2. The molecular formula is C12H20N2S. The average Bonchev–Trinajstić information content (AvgIpc) is 2.69. The summed E-state index contributed by atoms with van der Waals surface area (Å²) >= 11 is 1.80. The first-order valence-electron chi connectivity index (χ1n) is 5.97. The Hall–Kier alpha value is -0.410. The molecule has 1 aromatic rings. The van der Waals surface area contributed by atoms with Crippen LogP contribution in [-0.2, 0) is 13.0 Å².